The lowest BCUT2D eigenvalue weighted by Crippen LogP contribution is -2.60. The molecule has 0 aromatic heterocycles. The van der Waals surface area contributed by atoms with E-state index in [1.165, 1.54) is 45.6 Å². The van der Waals surface area contributed by atoms with Gasteiger partial charge in [-0.3, -0.25) is 0 Å². The maximum atomic E-state index is 11.1. The van der Waals surface area contributed by atoms with Crippen LogP contribution in [0.5, 0.6) is 28.7 Å². The predicted octanol–water partition coefficient (Wildman–Crippen LogP) is -0.630. The molecule has 40 heavy (non-hydrogen) atoms. The Morgan fingerprint density at radius 2 is 1.50 bits per heavy atom. The summed E-state index contributed by atoms with van der Waals surface area (Å²) in [5.41, 5.74) is 0.938. The van der Waals surface area contributed by atoms with Crippen molar-refractivity contribution in [3.63, 3.8) is 0 Å². The van der Waals surface area contributed by atoms with E-state index < -0.39 is 56.1 Å². The highest BCUT2D eigenvalue weighted by molar-refractivity contribution is 5.62. The van der Waals surface area contributed by atoms with Gasteiger partial charge in [-0.25, -0.2) is 0 Å². The average molecular weight is 569 g/mol. The van der Waals surface area contributed by atoms with Crippen molar-refractivity contribution in [2.45, 2.75) is 42.9 Å². The Balaban J connectivity index is 1.84. The Kier molecular flexibility index (Phi) is 11.4. The van der Waals surface area contributed by atoms with E-state index in [9.17, 15) is 30.6 Å². The molecule has 3 rings (SSSR count). The smallest absolute Gasteiger partial charge is 0.229 e. The van der Waals surface area contributed by atoms with Crippen molar-refractivity contribution in [3.8, 4) is 28.7 Å². The van der Waals surface area contributed by atoms with Gasteiger partial charge in [0.05, 0.1) is 41.2 Å². The quantitative estimate of drug-likeness (QED) is 0.161. The number of ether oxygens (including phenoxy) is 6. The zero-order valence-electron chi connectivity index (χ0n) is 22.3. The van der Waals surface area contributed by atoms with Crippen molar-refractivity contribution in [1.29, 1.82) is 0 Å². The highest BCUT2D eigenvalue weighted by Gasteiger charge is 2.45. The maximum absolute atomic E-state index is 11.1. The molecular weight excluding hydrogens is 532 g/mol. The van der Waals surface area contributed by atoms with Gasteiger partial charge in [0.15, 0.2) is 29.1 Å². The number of methoxy groups -OCH3 is 3. The molecule has 0 saturated carbocycles. The molecule has 13 nitrogen and oxygen atoms in total. The minimum absolute atomic E-state index is 0.0686. The van der Waals surface area contributed by atoms with Crippen LogP contribution in [-0.2, 0) is 4.74 Å². The number of rotatable bonds is 13. The fraction of sp³-hybridized carbons (Fsp3) is 0.481. The fourth-order valence-electron chi connectivity index (χ4n) is 4.12. The van der Waals surface area contributed by atoms with E-state index in [1.54, 1.807) is 18.2 Å². The largest absolute Gasteiger partial charge is 0.493 e. The molecule has 0 aliphatic carbocycles. The van der Waals surface area contributed by atoms with Gasteiger partial charge in [0.25, 0.3) is 0 Å². The van der Waals surface area contributed by atoms with Crippen molar-refractivity contribution in [1.82, 2.24) is 0 Å². The summed E-state index contributed by atoms with van der Waals surface area (Å²) in [5, 5.41) is 69.9. The van der Waals surface area contributed by atoms with Gasteiger partial charge in [-0.1, -0.05) is 18.2 Å². The highest BCUT2D eigenvalue weighted by Crippen LogP contribution is 2.41. The lowest BCUT2D eigenvalue weighted by atomic mass is 9.99. The summed E-state index contributed by atoms with van der Waals surface area (Å²) in [6.45, 7) is -1.37. The van der Waals surface area contributed by atoms with E-state index in [1.807, 2.05) is 0 Å². The molecule has 2 aromatic carbocycles. The molecule has 222 valence electrons. The van der Waals surface area contributed by atoms with Crippen LogP contribution in [0.4, 0.5) is 0 Å². The summed E-state index contributed by atoms with van der Waals surface area (Å²) in [5.74, 6) is 0.852. The van der Waals surface area contributed by atoms with Gasteiger partial charge in [0.1, 0.15) is 30.5 Å². The first-order valence-electron chi connectivity index (χ1n) is 12.4. The first-order valence-corrected chi connectivity index (χ1v) is 12.4. The van der Waals surface area contributed by atoms with Crippen LogP contribution in [0.15, 0.2) is 36.4 Å². The zero-order chi connectivity index (χ0) is 29.4. The molecule has 1 saturated heterocycles. The molecule has 7 N–H and O–H groups in total. The second-order valence-electron chi connectivity index (χ2n) is 8.85. The highest BCUT2D eigenvalue weighted by atomic mass is 16.7. The van der Waals surface area contributed by atoms with Crippen molar-refractivity contribution in [2.24, 2.45) is 0 Å². The average Bonchev–Trinajstić information content (AvgIpc) is 2.98. The van der Waals surface area contributed by atoms with Gasteiger partial charge in [-0.05, 0) is 35.4 Å². The maximum Gasteiger partial charge on any atom is 0.229 e. The summed E-state index contributed by atoms with van der Waals surface area (Å²) >= 11 is 0. The molecule has 0 radical (unpaired) electrons. The Bertz CT molecular complexity index is 1100. The molecule has 0 bridgehead atoms. The Hall–Kier alpha value is -3.14. The zero-order valence-corrected chi connectivity index (χ0v) is 22.3. The van der Waals surface area contributed by atoms with Gasteiger partial charge in [0, 0.05) is 0 Å². The summed E-state index contributed by atoms with van der Waals surface area (Å²) in [6.07, 6.45) is -6.75. The molecular formula is C27H36O13. The molecule has 1 aliphatic heterocycles. The monoisotopic (exact) mass is 568 g/mol. The van der Waals surface area contributed by atoms with E-state index in [4.69, 9.17) is 33.5 Å². The first kappa shape index (κ1) is 31.4. The number of hydrogen-bond donors (Lipinski definition) is 7. The molecule has 1 unspecified atom stereocenters. The lowest BCUT2D eigenvalue weighted by Gasteiger charge is -2.39. The van der Waals surface area contributed by atoms with Crippen LogP contribution in [0.25, 0.3) is 6.08 Å². The van der Waals surface area contributed by atoms with Crippen LogP contribution >= 0.6 is 0 Å². The van der Waals surface area contributed by atoms with E-state index in [2.05, 4.69) is 0 Å². The Morgan fingerprint density at radius 3 is 2.05 bits per heavy atom. The lowest BCUT2D eigenvalue weighted by molar-refractivity contribution is -0.277. The second kappa shape index (κ2) is 14.5. The third-order valence-electron chi connectivity index (χ3n) is 6.32. The Morgan fingerprint density at radius 1 is 0.850 bits per heavy atom. The molecule has 1 fully saturated rings. The van der Waals surface area contributed by atoms with E-state index in [-0.39, 0.29) is 40.9 Å². The number of hydrogen-bond acceptors (Lipinski definition) is 13. The van der Waals surface area contributed by atoms with Crippen LogP contribution in [-0.4, -0.2) is 114 Å². The molecule has 0 spiro atoms. The van der Waals surface area contributed by atoms with Crippen molar-refractivity contribution in [3.05, 3.63) is 47.5 Å². The second-order valence-corrected chi connectivity index (χ2v) is 8.85. The van der Waals surface area contributed by atoms with E-state index in [0.29, 0.717) is 5.56 Å². The third kappa shape index (κ3) is 6.95. The van der Waals surface area contributed by atoms with Crippen LogP contribution < -0.4 is 23.7 Å². The minimum Gasteiger partial charge on any atom is -0.493 e. The third-order valence-corrected chi connectivity index (χ3v) is 6.32. The molecule has 1 aliphatic rings. The van der Waals surface area contributed by atoms with Gasteiger partial charge in [0.2, 0.25) is 12.0 Å². The number of aliphatic hydroxyl groups is 7. The van der Waals surface area contributed by atoms with Crippen LogP contribution in [0.1, 0.15) is 17.2 Å². The van der Waals surface area contributed by atoms with E-state index >= 15 is 0 Å². The summed E-state index contributed by atoms with van der Waals surface area (Å²) in [7, 11) is 4.18. The normalized spacial score (nSPS) is 24.4. The minimum atomic E-state index is -1.63. The van der Waals surface area contributed by atoms with Crippen LogP contribution in [0, 0.1) is 0 Å². The summed E-state index contributed by atoms with van der Waals surface area (Å²) in [4.78, 5) is 0. The summed E-state index contributed by atoms with van der Waals surface area (Å²) < 4.78 is 33.2. The molecule has 13 heteroatoms. The van der Waals surface area contributed by atoms with Crippen molar-refractivity contribution < 1.29 is 64.2 Å². The first-order chi connectivity index (χ1) is 19.2. The van der Waals surface area contributed by atoms with Gasteiger partial charge in [-0.2, -0.15) is 0 Å². The van der Waals surface area contributed by atoms with Crippen molar-refractivity contribution in [2.75, 3.05) is 41.2 Å². The molecule has 0 amide bonds. The van der Waals surface area contributed by atoms with Crippen LogP contribution in [0.2, 0.25) is 0 Å². The SMILES string of the molecule is COc1cc(C(O)[C@H](CO)Oc2c(OC)cc(C=CCO)cc2OC)ccc1O[C@@H]1O[C@H](CO)[C@@H](O)[C@H](O)[C@H]1O. The Labute approximate surface area is 231 Å². The topological polar surface area (TPSA) is 197 Å². The molecule has 2 aromatic rings. The number of aliphatic hydroxyl groups excluding tert-OH is 7. The van der Waals surface area contributed by atoms with Gasteiger partial charge >= 0.3 is 0 Å². The van der Waals surface area contributed by atoms with Gasteiger partial charge < -0.3 is 64.2 Å². The fourth-order valence-corrected chi connectivity index (χ4v) is 4.12. The standard InChI is InChI=1S/C27H36O13/c1-35-17-11-15(6-7-16(17)39-27-25(34)24(33)23(32)21(13-30)40-27)22(31)20(12-29)38-26-18(36-2)9-14(5-4-8-28)10-19(26)37-3/h4-7,9-11,20-25,27-34H,8,12-13H2,1-3H3/t20-,21+,22?,23+,24-,25+,27+/m0/s1. The van der Waals surface area contributed by atoms with Crippen LogP contribution in [0.3, 0.4) is 0 Å². The molecule has 1 heterocycles. The summed E-state index contributed by atoms with van der Waals surface area (Å²) in [6, 6.07) is 7.58. The number of benzene rings is 2. The molecule has 7 atom stereocenters. The van der Waals surface area contributed by atoms with Crippen molar-refractivity contribution >= 4 is 6.08 Å². The van der Waals surface area contributed by atoms with Gasteiger partial charge in [-0.15, -0.1) is 0 Å². The predicted molar refractivity (Wildman–Crippen MR) is 140 cm³/mol. The van der Waals surface area contributed by atoms with E-state index in [0.717, 1.165) is 0 Å².